The summed E-state index contributed by atoms with van der Waals surface area (Å²) < 4.78 is 18.6. The van der Waals surface area contributed by atoms with Gasteiger partial charge in [-0.1, -0.05) is 12.1 Å². The lowest BCUT2D eigenvalue weighted by molar-refractivity contribution is -0.171. The van der Waals surface area contributed by atoms with E-state index in [4.69, 9.17) is 9.84 Å². The predicted octanol–water partition coefficient (Wildman–Crippen LogP) is 1.12. The minimum Gasteiger partial charge on any atom is -0.479 e. The van der Waals surface area contributed by atoms with Crippen LogP contribution in [0, 0.1) is 12.7 Å². The van der Waals surface area contributed by atoms with Crippen LogP contribution in [0.15, 0.2) is 18.2 Å². The predicted molar refractivity (Wildman–Crippen MR) is 64.0 cm³/mol. The summed E-state index contributed by atoms with van der Waals surface area (Å²) in [5.74, 6) is -1.94. The largest absolute Gasteiger partial charge is 0.479 e. The van der Waals surface area contributed by atoms with Crippen molar-refractivity contribution in [3.05, 3.63) is 35.1 Å². The molecule has 0 radical (unpaired) electrons. The number of morpholine rings is 1. The number of carboxylic acids is 1. The van der Waals surface area contributed by atoms with E-state index in [-0.39, 0.29) is 12.5 Å². The first-order valence-corrected chi connectivity index (χ1v) is 5.78. The van der Waals surface area contributed by atoms with Crippen LogP contribution in [-0.4, -0.2) is 41.6 Å². The molecule has 1 saturated heterocycles. The molecular formula is C13H14FNO4. The Balaban J connectivity index is 2.43. The second-order valence-electron chi connectivity index (χ2n) is 4.53. The Bertz CT molecular complexity index is 531. The highest BCUT2D eigenvalue weighted by molar-refractivity contribution is 5.82. The summed E-state index contributed by atoms with van der Waals surface area (Å²) in [4.78, 5) is 24.1. The second-order valence-corrected chi connectivity index (χ2v) is 4.53. The molecule has 1 amide bonds. The smallest absolute Gasteiger partial charge is 0.335 e. The van der Waals surface area contributed by atoms with Gasteiger partial charge < -0.3 is 14.7 Å². The van der Waals surface area contributed by atoms with E-state index in [1.54, 1.807) is 19.1 Å². The van der Waals surface area contributed by atoms with Gasteiger partial charge in [0.25, 0.3) is 0 Å². The Morgan fingerprint density at radius 1 is 1.53 bits per heavy atom. The molecule has 1 heterocycles. The molecule has 1 aliphatic rings. The van der Waals surface area contributed by atoms with Gasteiger partial charge in [-0.25, -0.2) is 9.18 Å². The number of halogens is 1. The summed E-state index contributed by atoms with van der Waals surface area (Å²) in [7, 11) is 1.49. The quantitative estimate of drug-likeness (QED) is 0.872. The van der Waals surface area contributed by atoms with Crippen molar-refractivity contribution in [2.75, 3.05) is 13.7 Å². The van der Waals surface area contributed by atoms with Gasteiger partial charge in [0, 0.05) is 7.05 Å². The Labute approximate surface area is 109 Å². The van der Waals surface area contributed by atoms with Crippen LogP contribution in [0.3, 0.4) is 0 Å². The lowest BCUT2D eigenvalue weighted by Gasteiger charge is -2.37. The zero-order valence-corrected chi connectivity index (χ0v) is 10.6. The summed E-state index contributed by atoms with van der Waals surface area (Å²) in [5, 5.41) is 9.14. The van der Waals surface area contributed by atoms with E-state index in [1.807, 2.05) is 0 Å². The number of rotatable bonds is 2. The maximum absolute atomic E-state index is 13.6. The number of carboxylic acid groups (broad SMARTS) is 1. The molecule has 1 aromatic rings. The van der Waals surface area contributed by atoms with Crippen molar-refractivity contribution in [3.63, 3.8) is 0 Å². The molecule has 2 unspecified atom stereocenters. The number of carbonyl (C=O) groups excluding carboxylic acids is 1. The van der Waals surface area contributed by atoms with Crippen molar-refractivity contribution >= 4 is 11.9 Å². The topological polar surface area (TPSA) is 66.8 Å². The van der Waals surface area contributed by atoms with E-state index in [0.717, 1.165) is 0 Å². The second kappa shape index (κ2) is 4.97. The van der Waals surface area contributed by atoms with Crippen LogP contribution < -0.4 is 0 Å². The number of aryl methyl sites for hydroxylation is 1. The number of carbonyl (C=O) groups is 2. The van der Waals surface area contributed by atoms with Gasteiger partial charge in [0.1, 0.15) is 12.4 Å². The highest BCUT2D eigenvalue weighted by atomic mass is 19.1. The van der Waals surface area contributed by atoms with Crippen molar-refractivity contribution in [1.82, 2.24) is 4.90 Å². The van der Waals surface area contributed by atoms with Gasteiger partial charge in [0.05, 0.1) is 6.04 Å². The highest BCUT2D eigenvalue weighted by Gasteiger charge is 2.40. The van der Waals surface area contributed by atoms with Gasteiger partial charge in [-0.05, 0) is 24.1 Å². The van der Waals surface area contributed by atoms with Crippen molar-refractivity contribution in [2.24, 2.45) is 0 Å². The first-order valence-electron chi connectivity index (χ1n) is 5.78. The number of benzene rings is 1. The molecule has 2 atom stereocenters. The Morgan fingerprint density at radius 2 is 2.21 bits per heavy atom. The molecule has 1 N–H and O–H groups in total. The summed E-state index contributed by atoms with van der Waals surface area (Å²) in [6, 6.07) is 3.58. The average molecular weight is 267 g/mol. The molecule has 1 aliphatic heterocycles. The van der Waals surface area contributed by atoms with Crippen molar-refractivity contribution < 1.29 is 23.8 Å². The summed E-state index contributed by atoms with van der Waals surface area (Å²) in [6.45, 7) is 1.33. The van der Waals surface area contributed by atoms with E-state index >= 15 is 0 Å². The molecule has 1 fully saturated rings. The number of hydrogen-bond acceptors (Lipinski definition) is 3. The molecule has 6 heteroatoms. The zero-order valence-electron chi connectivity index (χ0n) is 10.6. The molecule has 0 aliphatic carbocycles. The van der Waals surface area contributed by atoms with Gasteiger partial charge in [-0.15, -0.1) is 0 Å². The summed E-state index contributed by atoms with van der Waals surface area (Å²) in [5.41, 5.74) is 0.868. The van der Waals surface area contributed by atoms with Crippen LogP contribution >= 0.6 is 0 Å². The minimum atomic E-state index is -1.19. The van der Waals surface area contributed by atoms with E-state index in [9.17, 15) is 14.0 Å². The van der Waals surface area contributed by atoms with Crippen molar-refractivity contribution in [2.45, 2.75) is 19.1 Å². The minimum absolute atomic E-state index is 0.279. The van der Waals surface area contributed by atoms with Gasteiger partial charge in [0.15, 0.2) is 6.10 Å². The fourth-order valence-corrected chi connectivity index (χ4v) is 2.11. The lowest BCUT2D eigenvalue weighted by Crippen LogP contribution is -2.50. The summed E-state index contributed by atoms with van der Waals surface area (Å²) in [6.07, 6.45) is -1.19. The standard InChI is InChI=1S/C13H14FNO4/c1-7-3-4-8(5-9(7)14)11-12(13(17)18)19-6-10(16)15(11)2/h3-5,11-12H,6H2,1-2H3,(H,17,18). The van der Waals surface area contributed by atoms with Crippen LogP contribution in [0.2, 0.25) is 0 Å². The Morgan fingerprint density at radius 3 is 2.79 bits per heavy atom. The first-order chi connectivity index (χ1) is 8.91. The molecule has 2 rings (SSSR count). The van der Waals surface area contributed by atoms with Gasteiger partial charge >= 0.3 is 5.97 Å². The van der Waals surface area contributed by atoms with Crippen molar-refractivity contribution in [3.8, 4) is 0 Å². The number of likely N-dealkylation sites (N-methyl/N-ethyl adjacent to an activating group) is 1. The molecule has 102 valence electrons. The van der Waals surface area contributed by atoms with Gasteiger partial charge in [0.2, 0.25) is 5.91 Å². The maximum Gasteiger partial charge on any atom is 0.335 e. The van der Waals surface area contributed by atoms with Crippen LogP contribution in [0.4, 0.5) is 4.39 Å². The average Bonchev–Trinajstić information content (AvgIpc) is 2.35. The molecule has 0 spiro atoms. The molecule has 0 bridgehead atoms. The maximum atomic E-state index is 13.6. The van der Waals surface area contributed by atoms with E-state index in [2.05, 4.69) is 0 Å². The fraction of sp³-hybridized carbons (Fsp3) is 0.385. The summed E-state index contributed by atoms with van der Waals surface area (Å²) >= 11 is 0. The number of ether oxygens (including phenoxy) is 1. The fourth-order valence-electron chi connectivity index (χ4n) is 2.11. The number of hydrogen-bond donors (Lipinski definition) is 1. The van der Waals surface area contributed by atoms with E-state index in [0.29, 0.717) is 11.1 Å². The Hall–Kier alpha value is -1.95. The first kappa shape index (κ1) is 13.5. The zero-order chi connectivity index (χ0) is 14.2. The number of nitrogens with zero attached hydrogens (tertiary/aromatic N) is 1. The third kappa shape index (κ3) is 2.44. The van der Waals surface area contributed by atoms with Gasteiger partial charge in [-0.3, -0.25) is 4.79 Å². The third-order valence-corrected chi connectivity index (χ3v) is 3.26. The van der Waals surface area contributed by atoms with Crippen LogP contribution in [0.1, 0.15) is 17.2 Å². The molecule has 5 nitrogen and oxygen atoms in total. The van der Waals surface area contributed by atoms with E-state index < -0.39 is 23.9 Å². The molecule has 1 aromatic carbocycles. The van der Waals surface area contributed by atoms with Crippen LogP contribution in [-0.2, 0) is 14.3 Å². The highest BCUT2D eigenvalue weighted by Crippen LogP contribution is 2.30. The van der Waals surface area contributed by atoms with E-state index in [1.165, 1.54) is 18.0 Å². The normalized spacial score (nSPS) is 23.5. The van der Waals surface area contributed by atoms with Crippen LogP contribution in [0.25, 0.3) is 0 Å². The molecule has 19 heavy (non-hydrogen) atoms. The number of amides is 1. The monoisotopic (exact) mass is 267 g/mol. The molecule has 0 aromatic heterocycles. The van der Waals surface area contributed by atoms with Crippen molar-refractivity contribution in [1.29, 1.82) is 0 Å². The van der Waals surface area contributed by atoms with Gasteiger partial charge in [-0.2, -0.15) is 0 Å². The SMILES string of the molecule is Cc1ccc(C2C(C(=O)O)OCC(=O)N2C)cc1F. The van der Waals surface area contributed by atoms with Crippen LogP contribution in [0.5, 0.6) is 0 Å². The number of aliphatic carboxylic acids is 1. The molecular weight excluding hydrogens is 253 g/mol. The molecule has 0 saturated carbocycles. The third-order valence-electron chi connectivity index (χ3n) is 3.26. The lowest BCUT2D eigenvalue weighted by atomic mass is 9.97. The Kier molecular flexibility index (Phi) is 3.53.